The van der Waals surface area contributed by atoms with Crippen LogP contribution in [0.4, 0.5) is 0 Å². The van der Waals surface area contributed by atoms with E-state index in [2.05, 4.69) is 5.32 Å². The van der Waals surface area contributed by atoms with Gasteiger partial charge in [-0.2, -0.15) is 0 Å². The number of halogens is 1. The summed E-state index contributed by atoms with van der Waals surface area (Å²) < 4.78 is 0. The maximum absolute atomic E-state index is 12.2. The first-order valence-corrected chi connectivity index (χ1v) is 6.56. The minimum Gasteiger partial charge on any atom is -0.345 e. The maximum Gasteiger partial charge on any atom is 0.251 e. The van der Waals surface area contributed by atoms with Gasteiger partial charge in [0.1, 0.15) is 0 Å². The molecule has 0 saturated heterocycles. The van der Waals surface area contributed by atoms with Gasteiger partial charge in [-0.15, -0.1) is 12.4 Å². The number of benzene rings is 1. The molecule has 1 aliphatic rings. The summed E-state index contributed by atoms with van der Waals surface area (Å²) in [7, 11) is 0. The maximum atomic E-state index is 12.2. The summed E-state index contributed by atoms with van der Waals surface area (Å²) in [4.78, 5) is 12.2. The quantitative estimate of drug-likeness (QED) is 0.892. The van der Waals surface area contributed by atoms with E-state index in [1.54, 1.807) is 0 Å². The molecular formula is C15H23ClN2O. The van der Waals surface area contributed by atoms with Crippen molar-refractivity contribution in [3.63, 3.8) is 0 Å². The highest BCUT2D eigenvalue weighted by molar-refractivity contribution is 5.95. The lowest BCUT2D eigenvalue weighted by Gasteiger charge is -2.29. The third-order valence-electron chi connectivity index (χ3n) is 4.07. The van der Waals surface area contributed by atoms with Gasteiger partial charge < -0.3 is 11.1 Å². The van der Waals surface area contributed by atoms with Crippen LogP contribution in [0.1, 0.15) is 41.3 Å². The van der Waals surface area contributed by atoms with Crippen molar-refractivity contribution in [1.82, 2.24) is 5.32 Å². The van der Waals surface area contributed by atoms with Gasteiger partial charge in [0.15, 0.2) is 0 Å². The average Bonchev–Trinajstić information content (AvgIpc) is 3.16. The average molecular weight is 283 g/mol. The van der Waals surface area contributed by atoms with Crippen molar-refractivity contribution in [3.8, 4) is 0 Å². The number of carbonyl (C=O) groups is 1. The number of nitrogens with two attached hydrogens (primary N) is 1. The third kappa shape index (κ3) is 3.48. The highest BCUT2D eigenvalue weighted by atomic mass is 35.5. The minimum atomic E-state index is -0.254. The molecule has 1 fully saturated rings. The Morgan fingerprint density at radius 3 is 2.47 bits per heavy atom. The lowest BCUT2D eigenvalue weighted by molar-refractivity contribution is 0.0897. The SMILES string of the molecule is Cc1ccc(C(=O)NC(C)(CN)C2CC2)cc1C.Cl. The van der Waals surface area contributed by atoms with Gasteiger partial charge in [-0.3, -0.25) is 4.79 Å². The van der Waals surface area contributed by atoms with Crippen molar-refractivity contribution in [2.45, 2.75) is 39.2 Å². The zero-order chi connectivity index (χ0) is 13.3. The van der Waals surface area contributed by atoms with Gasteiger partial charge in [-0.1, -0.05) is 6.07 Å². The molecule has 0 aromatic heterocycles. The van der Waals surface area contributed by atoms with Crippen LogP contribution in [0, 0.1) is 19.8 Å². The number of nitrogens with one attached hydrogen (secondary N) is 1. The van der Waals surface area contributed by atoms with Crippen LogP contribution in [-0.4, -0.2) is 18.0 Å². The Labute approximate surface area is 121 Å². The zero-order valence-corrected chi connectivity index (χ0v) is 12.6. The van der Waals surface area contributed by atoms with Crippen LogP contribution in [0.5, 0.6) is 0 Å². The molecule has 1 unspecified atom stereocenters. The summed E-state index contributed by atoms with van der Waals surface area (Å²) in [6.45, 7) is 6.61. The van der Waals surface area contributed by atoms with Gasteiger partial charge in [0, 0.05) is 12.1 Å². The van der Waals surface area contributed by atoms with Crippen molar-refractivity contribution < 1.29 is 4.79 Å². The molecule has 2 rings (SSSR count). The van der Waals surface area contributed by atoms with E-state index in [4.69, 9.17) is 5.73 Å². The van der Waals surface area contributed by atoms with E-state index < -0.39 is 0 Å². The van der Waals surface area contributed by atoms with Crippen LogP contribution >= 0.6 is 12.4 Å². The van der Waals surface area contributed by atoms with Crippen molar-refractivity contribution in [1.29, 1.82) is 0 Å². The van der Waals surface area contributed by atoms with Crippen LogP contribution in [0.15, 0.2) is 18.2 Å². The second kappa shape index (κ2) is 5.93. The summed E-state index contributed by atoms with van der Waals surface area (Å²) >= 11 is 0. The Morgan fingerprint density at radius 2 is 2.00 bits per heavy atom. The van der Waals surface area contributed by atoms with Gasteiger partial charge in [0.2, 0.25) is 0 Å². The van der Waals surface area contributed by atoms with Gasteiger partial charge in [-0.25, -0.2) is 0 Å². The molecule has 1 aromatic carbocycles. The summed E-state index contributed by atoms with van der Waals surface area (Å²) in [6.07, 6.45) is 2.34. The van der Waals surface area contributed by atoms with Crippen LogP contribution in [0.25, 0.3) is 0 Å². The van der Waals surface area contributed by atoms with Crippen molar-refractivity contribution in [3.05, 3.63) is 34.9 Å². The molecule has 0 aliphatic heterocycles. The van der Waals surface area contributed by atoms with Gasteiger partial charge >= 0.3 is 0 Å². The molecule has 3 N–H and O–H groups in total. The molecule has 1 atom stereocenters. The summed E-state index contributed by atoms with van der Waals surface area (Å²) in [6, 6.07) is 5.80. The first kappa shape index (κ1) is 16.0. The van der Waals surface area contributed by atoms with E-state index in [-0.39, 0.29) is 23.9 Å². The molecule has 1 amide bonds. The van der Waals surface area contributed by atoms with E-state index in [1.807, 2.05) is 39.0 Å². The number of hydrogen-bond acceptors (Lipinski definition) is 2. The second-order valence-electron chi connectivity index (χ2n) is 5.65. The smallest absolute Gasteiger partial charge is 0.251 e. The van der Waals surface area contributed by atoms with E-state index in [0.29, 0.717) is 12.5 Å². The Hall–Kier alpha value is -1.06. The normalized spacial score (nSPS) is 17.3. The summed E-state index contributed by atoms with van der Waals surface area (Å²) in [5, 5.41) is 3.10. The third-order valence-corrected chi connectivity index (χ3v) is 4.07. The molecule has 3 nitrogen and oxygen atoms in total. The molecule has 4 heteroatoms. The molecule has 0 heterocycles. The Balaban J connectivity index is 0.00000180. The van der Waals surface area contributed by atoms with Crippen molar-refractivity contribution >= 4 is 18.3 Å². The molecule has 1 aliphatic carbocycles. The summed E-state index contributed by atoms with van der Waals surface area (Å²) in [5.41, 5.74) is 8.63. The van der Waals surface area contributed by atoms with Gasteiger partial charge in [0.25, 0.3) is 5.91 Å². The van der Waals surface area contributed by atoms with Crippen LogP contribution in [0.3, 0.4) is 0 Å². The monoisotopic (exact) mass is 282 g/mol. The van der Waals surface area contributed by atoms with E-state index in [1.165, 1.54) is 18.4 Å². The lowest BCUT2D eigenvalue weighted by atomic mass is 9.95. The predicted molar refractivity (Wildman–Crippen MR) is 80.8 cm³/mol. The van der Waals surface area contributed by atoms with Gasteiger partial charge in [-0.05, 0) is 62.8 Å². The largest absolute Gasteiger partial charge is 0.345 e. The molecule has 0 spiro atoms. The van der Waals surface area contributed by atoms with Gasteiger partial charge in [0.05, 0.1) is 5.54 Å². The number of hydrogen-bond donors (Lipinski definition) is 2. The zero-order valence-electron chi connectivity index (χ0n) is 11.8. The fourth-order valence-corrected chi connectivity index (χ4v) is 2.25. The molecule has 1 saturated carbocycles. The van der Waals surface area contributed by atoms with Crippen LogP contribution < -0.4 is 11.1 Å². The topological polar surface area (TPSA) is 55.1 Å². The predicted octanol–water partition coefficient (Wildman–Crippen LogP) is 2.58. The van der Waals surface area contributed by atoms with Crippen molar-refractivity contribution in [2.75, 3.05) is 6.54 Å². The molecule has 106 valence electrons. The fraction of sp³-hybridized carbons (Fsp3) is 0.533. The first-order valence-electron chi connectivity index (χ1n) is 6.56. The van der Waals surface area contributed by atoms with Crippen molar-refractivity contribution in [2.24, 2.45) is 11.7 Å². The van der Waals surface area contributed by atoms with E-state index in [9.17, 15) is 4.79 Å². The van der Waals surface area contributed by atoms with Crippen LogP contribution in [-0.2, 0) is 0 Å². The molecule has 0 radical (unpaired) electrons. The van der Waals surface area contributed by atoms with E-state index >= 15 is 0 Å². The fourth-order valence-electron chi connectivity index (χ4n) is 2.25. The number of carbonyl (C=O) groups excluding carboxylic acids is 1. The molecular weight excluding hydrogens is 260 g/mol. The molecule has 1 aromatic rings. The number of rotatable bonds is 4. The molecule has 0 bridgehead atoms. The standard InChI is InChI=1S/C15H22N2O.ClH/c1-10-4-5-12(8-11(10)2)14(18)17-15(3,9-16)13-6-7-13;/h4-5,8,13H,6-7,9,16H2,1-3H3,(H,17,18);1H. The lowest BCUT2D eigenvalue weighted by Crippen LogP contribution is -2.53. The minimum absolute atomic E-state index is 0. The second-order valence-corrected chi connectivity index (χ2v) is 5.65. The Morgan fingerprint density at radius 1 is 1.37 bits per heavy atom. The Bertz CT molecular complexity index is 471. The van der Waals surface area contributed by atoms with E-state index in [0.717, 1.165) is 11.1 Å². The highest BCUT2D eigenvalue weighted by Gasteiger charge is 2.41. The highest BCUT2D eigenvalue weighted by Crippen LogP contribution is 2.39. The molecule has 19 heavy (non-hydrogen) atoms. The van der Waals surface area contributed by atoms with Crippen LogP contribution in [0.2, 0.25) is 0 Å². The Kier molecular flexibility index (Phi) is 4.99. The summed E-state index contributed by atoms with van der Waals surface area (Å²) in [5.74, 6) is 0.524. The first-order chi connectivity index (χ1) is 8.46. The number of amides is 1. The number of aryl methyl sites for hydroxylation is 2.